The number of aliphatic hydroxyl groups excluding tert-OH is 1. The highest BCUT2D eigenvalue weighted by atomic mass is 35.5. The normalized spacial score (nSPS) is 17.7. The van der Waals surface area contributed by atoms with Gasteiger partial charge in [-0.05, 0) is 29.7 Å². The molecule has 1 fully saturated rings. The smallest absolute Gasteiger partial charge is 0.295 e. The van der Waals surface area contributed by atoms with Gasteiger partial charge in [-0.1, -0.05) is 78.3 Å². The fourth-order valence-electron chi connectivity index (χ4n) is 4.46. The summed E-state index contributed by atoms with van der Waals surface area (Å²) in [7, 11) is 0. The number of fused-ring (bicyclic) bond motifs is 1. The Morgan fingerprint density at radius 3 is 2.42 bits per heavy atom. The first-order valence-corrected chi connectivity index (χ1v) is 11.1. The number of rotatable bonds is 5. The molecule has 1 aliphatic heterocycles. The third-order valence-electron chi connectivity index (χ3n) is 6.08. The first-order chi connectivity index (χ1) is 16.1. The molecule has 0 saturated carbocycles. The number of benzene rings is 3. The van der Waals surface area contributed by atoms with E-state index >= 15 is 0 Å². The van der Waals surface area contributed by atoms with Gasteiger partial charge in [-0.2, -0.15) is 0 Å². The lowest BCUT2D eigenvalue weighted by Gasteiger charge is -2.26. The van der Waals surface area contributed by atoms with Gasteiger partial charge in [-0.3, -0.25) is 9.59 Å². The molecule has 2 heterocycles. The molecule has 4 aromatic rings. The van der Waals surface area contributed by atoms with Crippen molar-refractivity contribution in [3.8, 4) is 0 Å². The zero-order valence-corrected chi connectivity index (χ0v) is 18.4. The zero-order valence-electron chi connectivity index (χ0n) is 17.7. The van der Waals surface area contributed by atoms with E-state index in [-0.39, 0.29) is 11.3 Å². The number of Topliss-reactive ketones (excluding diaryl/α,β-unsaturated/α-hetero) is 1. The summed E-state index contributed by atoms with van der Waals surface area (Å²) in [5, 5.41) is 12.6. The summed E-state index contributed by atoms with van der Waals surface area (Å²) < 4.78 is 0. The Morgan fingerprint density at radius 1 is 0.939 bits per heavy atom. The van der Waals surface area contributed by atoms with Crippen molar-refractivity contribution >= 4 is 40.0 Å². The lowest BCUT2D eigenvalue weighted by molar-refractivity contribution is -0.139. The Balaban J connectivity index is 1.58. The summed E-state index contributed by atoms with van der Waals surface area (Å²) in [5.41, 5.74) is 3.20. The van der Waals surface area contributed by atoms with Crippen LogP contribution in [0.1, 0.15) is 22.7 Å². The summed E-state index contributed by atoms with van der Waals surface area (Å²) in [6.07, 6.45) is 2.47. The van der Waals surface area contributed by atoms with E-state index in [1.165, 1.54) is 4.90 Å². The van der Waals surface area contributed by atoms with Crippen LogP contribution in [0.15, 0.2) is 90.6 Å². The number of hydrogen-bond donors (Lipinski definition) is 2. The standard InChI is InChI=1S/C27H21ClN2O3/c28-21-12-6-4-11-20(21)24-23(25(31)17-8-2-1-3-9-17)26(32)27(33)30(24)15-14-18-16-29-22-13-7-5-10-19(18)22/h1-13,16,24,29,31H,14-15H2/t24-/m0/s1. The van der Waals surface area contributed by atoms with Crippen LogP contribution in [0.4, 0.5) is 0 Å². The number of aliphatic hydroxyl groups is 1. The topological polar surface area (TPSA) is 73.4 Å². The van der Waals surface area contributed by atoms with Crippen LogP contribution in [0.3, 0.4) is 0 Å². The molecule has 0 unspecified atom stereocenters. The maximum absolute atomic E-state index is 13.1. The van der Waals surface area contributed by atoms with Gasteiger partial charge in [0.05, 0.1) is 11.6 Å². The number of hydrogen-bond acceptors (Lipinski definition) is 3. The Kier molecular flexibility index (Phi) is 5.48. The molecule has 1 aliphatic rings. The van der Waals surface area contributed by atoms with Crippen LogP contribution in [-0.2, 0) is 16.0 Å². The monoisotopic (exact) mass is 456 g/mol. The Morgan fingerprint density at radius 2 is 1.64 bits per heavy atom. The second kappa shape index (κ2) is 8.60. The average Bonchev–Trinajstić information content (AvgIpc) is 3.37. The molecule has 1 amide bonds. The van der Waals surface area contributed by atoms with Crippen molar-refractivity contribution in [3.63, 3.8) is 0 Å². The molecular weight excluding hydrogens is 436 g/mol. The number of aromatic amines is 1. The molecule has 5 nitrogen and oxygen atoms in total. The number of carbonyl (C=O) groups excluding carboxylic acids is 2. The van der Waals surface area contributed by atoms with E-state index in [2.05, 4.69) is 4.98 Å². The molecule has 1 aromatic heterocycles. The maximum Gasteiger partial charge on any atom is 0.295 e. The number of H-pyrrole nitrogens is 1. The molecule has 0 spiro atoms. The fourth-order valence-corrected chi connectivity index (χ4v) is 4.70. The molecule has 1 atom stereocenters. The lowest BCUT2D eigenvalue weighted by Crippen LogP contribution is -2.31. The second-order valence-electron chi connectivity index (χ2n) is 7.99. The number of likely N-dealkylation sites (tertiary alicyclic amines) is 1. The highest BCUT2D eigenvalue weighted by Gasteiger charge is 2.46. The molecule has 1 saturated heterocycles. The van der Waals surface area contributed by atoms with Crippen LogP contribution in [0, 0.1) is 0 Å². The summed E-state index contributed by atoms with van der Waals surface area (Å²) in [6.45, 7) is 0.299. The van der Waals surface area contributed by atoms with E-state index in [0.717, 1.165) is 16.5 Å². The fraction of sp³-hybridized carbons (Fsp3) is 0.111. The molecule has 5 rings (SSSR count). The zero-order chi connectivity index (χ0) is 22.9. The number of carbonyl (C=O) groups is 2. The van der Waals surface area contributed by atoms with Gasteiger partial charge in [-0.25, -0.2) is 0 Å². The number of para-hydroxylation sites is 1. The average molecular weight is 457 g/mol. The van der Waals surface area contributed by atoms with E-state index in [9.17, 15) is 14.7 Å². The molecule has 6 heteroatoms. The van der Waals surface area contributed by atoms with Gasteiger partial charge in [0.25, 0.3) is 11.7 Å². The first kappa shape index (κ1) is 21.0. The maximum atomic E-state index is 13.1. The Labute approximate surface area is 195 Å². The van der Waals surface area contributed by atoms with Crippen molar-refractivity contribution in [2.24, 2.45) is 0 Å². The third-order valence-corrected chi connectivity index (χ3v) is 6.43. The van der Waals surface area contributed by atoms with Crippen LogP contribution >= 0.6 is 11.6 Å². The molecule has 0 radical (unpaired) electrons. The molecular formula is C27H21ClN2O3. The van der Waals surface area contributed by atoms with Gasteiger partial charge in [0.15, 0.2) is 0 Å². The van der Waals surface area contributed by atoms with Crippen molar-refractivity contribution in [3.05, 3.63) is 112 Å². The van der Waals surface area contributed by atoms with Gasteiger partial charge in [0.1, 0.15) is 5.76 Å². The quantitative estimate of drug-likeness (QED) is 0.237. The Hall–Kier alpha value is -3.83. The Bertz CT molecular complexity index is 1390. The van der Waals surface area contributed by atoms with Crippen LogP contribution in [-0.4, -0.2) is 33.2 Å². The largest absolute Gasteiger partial charge is 0.507 e. The molecule has 2 N–H and O–H groups in total. The third kappa shape index (κ3) is 3.70. The van der Waals surface area contributed by atoms with Crippen molar-refractivity contribution in [1.29, 1.82) is 0 Å². The summed E-state index contributed by atoms with van der Waals surface area (Å²) in [6, 6.07) is 23.1. The molecule has 0 aliphatic carbocycles. The minimum atomic E-state index is -0.774. The number of nitrogens with one attached hydrogen (secondary N) is 1. The number of aromatic nitrogens is 1. The van der Waals surface area contributed by atoms with Gasteiger partial charge >= 0.3 is 0 Å². The summed E-state index contributed by atoms with van der Waals surface area (Å²) >= 11 is 6.50. The number of ketones is 1. The predicted molar refractivity (Wildman–Crippen MR) is 129 cm³/mol. The summed E-state index contributed by atoms with van der Waals surface area (Å²) in [4.78, 5) is 31.0. The number of halogens is 1. The van der Waals surface area contributed by atoms with Crippen LogP contribution < -0.4 is 0 Å². The van der Waals surface area contributed by atoms with E-state index in [0.29, 0.717) is 29.1 Å². The summed E-state index contributed by atoms with van der Waals surface area (Å²) in [5.74, 6) is -1.55. The SMILES string of the molecule is O=C1C(=O)N(CCc2c[nH]c3ccccc23)[C@@H](c2ccccc2Cl)C1=C(O)c1ccccc1. The van der Waals surface area contributed by atoms with E-state index in [1.807, 2.05) is 42.6 Å². The van der Waals surface area contributed by atoms with Gasteiger partial charge < -0.3 is 15.0 Å². The first-order valence-electron chi connectivity index (χ1n) is 10.7. The van der Waals surface area contributed by atoms with E-state index in [1.54, 1.807) is 42.5 Å². The molecule has 3 aromatic carbocycles. The van der Waals surface area contributed by atoms with Gasteiger partial charge in [-0.15, -0.1) is 0 Å². The molecule has 33 heavy (non-hydrogen) atoms. The molecule has 164 valence electrons. The van der Waals surface area contributed by atoms with Crippen LogP contribution in [0.2, 0.25) is 5.02 Å². The van der Waals surface area contributed by atoms with Gasteiger partial charge in [0.2, 0.25) is 0 Å². The van der Waals surface area contributed by atoms with Crippen LogP contribution in [0.25, 0.3) is 16.7 Å². The second-order valence-corrected chi connectivity index (χ2v) is 8.40. The van der Waals surface area contributed by atoms with E-state index < -0.39 is 17.7 Å². The lowest BCUT2D eigenvalue weighted by atomic mass is 9.95. The van der Waals surface area contributed by atoms with Crippen molar-refractivity contribution in [2.45, 2.75) is 12.5 Å². The number of nitrogens with zero attached hydrogens (tertiary/aromatic N) is 1. The van der Waals surface area contributed by atoms with Crippen molar-refractivity contribution < 1.29 is 14.7 Å². The van der Waals surface area contributed by atoms with Crippen molar-refractivity contribution in [2.75, 3.05) is 6.54 Å². The predicted octanol–water partition coefficient (Wildman–Crippen LogP) is 5.49. The van der Waals surface area contributed by atoms with Gasteiger partial charge in [0, 0.05) is 34.2 Å². The van der Waals surface area contributed by atoms with Crippen LogP contribution in [0.5, 0.6) is 0 Å². The highest BCUT2D eigenvalue weighted by molar-refractivity contribution is 6.47. The van der Waals surface area contributed by atoms with E-state index in [4.69, 9.17) is 11.6 Å². The minimum Gasteiger partial charge on any atom is -0.507 e. The minimum absolute atomic E-state index is 0.0539. The number of amides is 1. The van der Waals surface area contributed by atoms with Crippen molar-refractivity contribution in [1.82, 2.24) is 9.88 Å². The molecule has 0 bridgehead atoms. The highest BCUT2D eigenvalue weighted by Crippen LogP contribution is 2.41.